The van der Waals surface area contributed by atoms with E-state index < -0.39 is 23.3 Å². The highest BCUT2D eigenvalue weighted by molar-refractivity contribution is 5.95. The average Bonchev–Trinajstić information content (AvgIpc) is 2.89. The van der Waals surface area contributed by atoms with Crippen LogP contribution in [0.3, 0.4) is 0 Å². The monoisotopic (exact) mass is 333 g/mol. The van der Waals surface area contributed by atoms with E-state index in [-0.39, 0.29) is 25.5 Å². The summed E-state index contributed by atoms with van der Waals surface area (Å²) in [6.45, 7) is 1.60. The maximum Gasteiger partial charge on any atom is 0.435 e. The molecule has 0 bridgehead atoms. The van der Waals surface area contributed by atoms with E-state index in [9.17, 15) is 22.8 Å². The Balaban J connectivity index is 2.05. The third-order valence-electron chi connectivity index (χ3n) is 3.63. The van der Waals surface area contributed by atoms with Gasteiger partial charge in [-0.3, -0.25) is 19.2 Å². The van der Waals surface area contributed by atoms with Crippen molar-refractivity contribution in [1.82, 2.24) is 24.9 Å². The van der Waals surface area contributed by atoms with Crippen LogP contribution >= 0.6 is 0 Å². The first-order chi connectivity index (χ1) is 10.7. The molecular formula is C13H18F3N5O2. The third kappa shape index (κ3) is 4.01. The number of carbonyl (C=O) groups is 2. The molecular weight excluding hydrogens is 315 g/mol. The SMILES string of the molecule is CNC(=O)CN1CCN(C(=O)c2cn(C)nc2C(F)(F)F)CC1. The number of hydrogen-bond donors (Lipinski definition) is 1. The van der Waals surface area contributed by atoms with E-state index in [4.69, 9.17) is 0 Å². The molecule has 1 saturated heterocycles. The lowest BCUT2D eigenvalue weighted by Gasteiger charge is -2.34. The molecule has 0 aliphatic carbocycles. The lowest BCUT2D eigenvalue weighted by molar-refractivity contribution is -0.141. The normalized spacial score (nSPS) is 16.5. The zero-order chi connectivity index (χ0) is 17.2. The van der Waals surface area contributed by atoms with E-state index in [2.05, 4.69) is 10.4 Å². The lowest BCUT2D eigenvalue weighted by Crippen LogP contribution is -2.51. The highest BCUT2D eigenvalue weighted by Crippen LogP contribution is 2.31. The summed E-state index contributed by atoms with van der Waals surface area (Å²) in [6.07, 6.45) is -3.59. The number of hydrogen-bond acceptors (Lipinski definition) is 4. The van der Waals surface area contributed by atoms with Gasteiger partial charge in [-0.2, -0.15) is 18.3 Å². The van der Waals surface area contributed by atoms with E-state index in [1.165, 1.54) is 19.0 Å². The van der Waals surface area contributed by atoms with Gasteiger partial charge in [-0.1, -0.05) is 0 Å². The Hall–Kier alpha value is -2.10. The molecule has 1 N–H and O–H groups in total. The van der Waals surface area contributed by atoms with Gasteiger partial charge in [0.2, 0.25) is 5.91 Å². The van der Waals surface area contributed by atoms with E-state index in [1.54, 1.807) is 0 Å². The Morgan fingerprint density at radius 3 is 2.39 bits per heavy atom. The number of likely N-dealkylation sites (N-methyl/N-ethyl adjacent to an activating group) is 1. The van der Waals surface area contributed by atoms with E-state index in [0.717, 1.165) is 10.9 Å². The predicted octanol–water partition coefficient (Wildman–Crippen LogP) is -0.0573. The summed E-state index contributed by atoms with van der Waals surface area (Å²) >= 11 is 0. The minimum absolute atomic E-state index is 0.142. The molecule has 23 heavy (non-hydrogen) atoms. The maximum atomic E-state index is 12.9. The van der Waals surface area contributed by atoms with Crippen LogP contribution in [0.4, 0.5) is 13.2 Å². The molecule has 2 rings (SSSR count). The molecule has 0 atom stereocenters. The van der Waals surface area contributed by atoms with Crippen LogP contribution in [-0.2, 0) is 18.0 Å². The van der Waals surface area contributed by atoms with Crippen molar-refractivity contribution in [2.45, 2.75) is 6.18 Å². The van der Waals surface area contributed by atoms with Gasteiger partial charge >= 0.3 is 6.18 Å². The van der Waals surface area contributed by atoms with Crippen LogP contribution in [0.25, 0.3) is 0 Å². The smallest absolute Gasteiger partial charge is 0.358 e. The standard InChI is InChI=1S/C13H18F3N5O2/c1-17-10(22)8-20-3-5-21(6-4-20)12(23)9-7-19(2)18-11(9)13(14,15)16/h7H,3-6,8H2,1-2H3,(H,17,22). The molecule has 10 heteroatoms. The number of carbonyl (C=O) groups excluding carboxylic acids is 2. The van der Waals surface area contributed by atoms with Gasteiger partial charge in [0.1, 0.15) is 0 Å². The van der Waals surface area contributed by atoms with Crippen LogP contribution in [0.1, 0.15) is 16.1 Å². The third-order valence-corrected chi connectivity index (χ3v) is 3.63. The number of nitrogens with one attached hydrogen (secondary N) is 1. The van der Waals surface area contributed by atoms with E-state index in [1.807, 2.05) is 4.90 Å². The molecule has 2 heterocycles. The van der Waals surface area contributed by atoms with Crippen LogP contribution in [0.15, 0.2) is 6.20 Å². The van der Waals surface area contributed by atoms with Crippen molar-refractivity contribution in [3.8, 4) is 0 Å². The number of piperazine rings is 1. The van der Waals surface area contributed by atoms with E-state index in [0.29, 0.717) is 13.1 Å². The Bertz CT molecular complexity index is 591. The Kier molecular flexibility index (Phi) is 4.93. The quantitative estimate of drug-likeness (QED) is 0.842. The number of amides is 2. The summed E-state index contributed by atoms with van der Waals surface area (Å²) in [5, 5.41) is 5.85. The number of aryl methyl sites for hydroxylation is 1. The largest absolute Gasteiger partial charge is 0.435 e. The first kappa shape index (κ1) is 17.3. The van der Waals surface area contributed by atoms with Crippen LogP contribution in [-0.4, -0.2) is 71.2 Å². The molecule has 1 aliphatic heterocycles. The van der Waals surface area contributed by atoms with Gasteiger partial charge in [-0.05, 0) is 0 Å². The summed E-state index contributed by atoms with van der Waals surface area (Å²) in [4.78, 5) is 26.8. The molecule has 1 fully saturated rings. The molecule has 1 aromatic rings. The second-order valence-electron chi connectivity index (χ2n) is 5.30. The topological polar surface area (TPSA) is 70.5 Å². The van der Waals surface area contributed by atoms with Gasteiger partial charge in [0.05, 0.1) is 12.1 Å². The van der Waals surface area contributed by atoms with Gasteiger partial charge in [0, 0.05) is 46.5 Å². The molecule has 0 unspecified atom stereocenters. The van der Waals surface area contributed by atoms with Gasteiger partial charge in [-0.25, -0.2) is 0 Å². The number of aromatic nitrogens is 2. The van der Waals surface area contributed by atoms with Crippen molar-refractivity contribution >= 4 is 11.8 Å². The van der Waals surface area contributed by atoms with Gasteiger partial charge < -0.3 is 10.2 Å². The molecule has 2 amide bonds. The second kappa shape index (κ2) is 6.57. The first-order valence-corrected chi connectivity index (χ1v) is 7.05. The summed E-state index contributed by atoms with van der Waals surface area (Å²) in [7, 11) is 2.87. The van der Waals surface area contributed by atoms with Crippen molar-refractivity contribution in [3.05, 3.63) is 17.5 Å². The fourth-order valence-corrected chi connectivity index (χ4v) is 2.42. The molecule has 0 spiro atoms. The number of halogens is 3. The number of nitrogens with zero attached hydrogens (tertiary/aromatic N) is 4. The molecule has 1 aliphatic rings. The first-order valence-electron chi connectivity index (χ1n) is 7.05. The average molecular weight is 333 g/mol. The van der Waals surface area contributed by atoms with Crippen LogP contribution in [0.2, 0.25) is 0 Å². The minimum atomic E-state index is -4.67. The molecule has 0 saturated carbocycles. The lowest BCUT2D eigenvalue weighted by atomic mass is 10.2. The maximum absolute atomic E-state index is 12.9. The highest BCUT2D eigenvalue weighted by atomic mass is 19.4. The van der Waals surface area contributed by atoms with Gasteiger partial charge in [0.15, 0.2) is 5.69 Å². The molecule has 0 radical (unpaired) electrons. The molecule has 0 aromatic carbocycles. The fourth-order valence-electron chi connectivity index (χ4n) is 2.42. The van der Waals surface area contributed by atoms with Gasteiger partial charge in [0.25, 0.3) is 5.91 Å². The Morgan fingerprint density at radius 2 is 1.87 bits per heavy atom. The summed E-state index contributed by atoms with van der Waals surface area (Å²) in [6, 6.07) is 0. The van der Waals surface area contributed by atoms with Crippen molar-refractivity contribution in [2.24, 2.45) is 7.05 Å². The highest BCUT2D eigenvalue weighted by Gasteiger charge is 2.40. The van der Waals surface area contributed by atoms with Crippen LogP contribution in [0.5, 0.6) is 0 Å². The molecule has 1 aromatic heterocycles. The van der Waals surface area contributed by atoms with Crippen LogP contribution < -0.4 is 5.32 Å². The molecule has 128 valence electrons. The Morgan fingerprint density at radius 1 is 1.26 bits per heavy atom. The van der Waals surface area contributed by atoms with Crippen molar-refractivity contribution in [1.29, 1.82) is 0 Å². The van der Waals surface area contributed by atoms with E-state index >= 15 is 0 Å². The minimum Gasteiger partial charge on any atom is -0.358 e. The molecule has 7 nitrogen and oxygen atoms in total. The zero-order valence-electron chi connectivity index (χ0n) is 12.9. The van der Waals surface area contributed by atoms with Crippen molar-refractivity contribution in [2.75, 3.05) is 39.8 Å². The second-order valence-corrected chi connectivity index (χ2v) is 5.30. The predicted molar refractivity (Wildman–Crippen MR) is 74.6 cm³/mol. The number of rotatable bonds is 3. The summed E-state index contributed by atoms with van der Waals surface area (Å²) < 4.78 is 39.8. The van der Waals surface area contributed by atoms with Crippen molar-refractivity contribution in [3.63, 3.8) is 0 Å². The fraction of sp³-hybridized carbons (Fsp3) is 0.615. The van der Waals surface area contributed by atoms with Crippen molar-refractivity contribution < 1.29 is 22.8 Å². The van der Waals surface area contributed by atoms with Crippen LogP contribution in [0, 0.1) is 0 Å². The summed E-state index contributed by atoms with van der Waals surface area (Å²) in [5.74, 6) is -0.832. The summed E-state index contributed by atoms with van der Waals surface area (Å²) in [5.41, 5.74) is -1.61. The zero-order valence-corrected chi connectivity index (χ0v) is 12.9. The van der Waals surface area contributed by atoms with Gasteiger partial charge in [-0.15, -0.1) is 0 Å². The Labute approximate surface area is 131 Å². The number of alkyl halides is 3.